The molecule has 5 heteroatoms. The van der Waals surface area contributed by atoms with Gasteiger partial charge in [-0.3, -0.25) is 0 Å². The predicted octanol–water partition coefficient (Wildman–Crippen LogP) is 0.0577. The van der Waals surface area contributed by atoms with Gasteiger partial charge in [0.2, 0.25) is 0 Å². The number of hydrogen-bond acceptors (Lipinski definition) is 5. The van der Waals surface area contributed by atoms with Crippen molar-refractivity contribution in [3.8, 4) is 0 Å². The number of rotatable bonds is 0. The Balaban J connectivity index is 2.50. The molecular formula is C8H5N5. The fourth-order valence-corrected chi connectivity index (χ4v) is 1.37. The summed E-state index contributed by atoms with van der Waals surface area (Å²) in [6, 6.07) is 0. The quantitative estimate of drug-likeness (QED) is 0.544. The maximum Gasteiger partial charge on any atom is 0.182 e. The Morgan fingerprint density at radius 2 is 2.08 bits per heavy atom. The van der Waals surface area contributed by atoms with Crippen molar-refractivity contribution in [2.45, 2.75) is 6.92 Å². The van der Waals surface area contributed by atoms with Crippen molar-refractivity contribution in [1.29, 1.82) is 0 Å². The summed E-state index contributed by atoms with van der Waals surface area (Å²) >= 11 is 0. The molecule has 0 saturated carbocycles. The molecule has 0 aliphatic carbocycles. The first kappa shape index (κ1) is 6.59. The van der Waals surface area contributed by atoms with Gasteiger partial charge in [0.25, 0.3) is 0 Å². The summed E-state index contributed by atoms with van der Waals surface area (Å²) < 4.78 is 0. The fourth-order valence-electron chi connectivity index (χ4n) is 1.37. The highest BCUT2D eigenvalue weighted by molar-refractivity contribution is 5.89. The first-order chi connectivity index (χ1) is 6.34. The molecule has 13 heavy (non-hydrogen) atoms. The molecule has 3 heterocycles. The number of pyridine rings is 1. The van der Waals surface area contributed by atoms with Crippen LogP contribution < -0.4 is 10.8 Å². The SMILES string of the molecule is CC1=Nc2c3c(cnc2=N1)=NC=N3. The van der Waals surface area contributed by atoms with Crippen molar-refractivity contribution in [1.82, 2.24) is 4.98 Å². The van der Waals surface area contributed by atoms with Crippen LogP contribution in [0.4, 0.5) is 11.4 Å². The molecule has 3 rings (SSSR count). The minimum absolute atomic E-state index is 0.644. The van der Waals surface area contributed by atoms with Crippen LogP contribution in [0.2, 0.25) is 0 Å². The molecule has 0 bridgehead atoms. The lowest BCUT2D eigenvalue weighted by Gasteiger charge is -1.91. The van der Waals surface area contributed by atoms with E-state index >= 15 is 0 Å². The van der Waals surface area contributed by atoms with Gasteiger partial charge in [-0.2, -0.15) is 0 Å². The second kappa shape index (κ2) is 2.07. The number of nitrogens with zero attached hydrogens (tertiary/aromatic N) is 5. The van der Waals surface area contributed by atoms with Gasteiger partial charge in [0, 0.05) is 0 Å². The monoisotopic (exact) mass is 171 g/mol. The van der Waals surface area contributed by atoms with E-state index in [9.17, 15) is 0 Å². The van der Waals surface area contributed by atoms with Crippen LogP contribution in [0.15, 0.2) is 26.2 Å². The van der Waals surface area contributed by atoms with Crippen molar-refractivity contribution in [2.75, 3.05) is 0 Å². The lowest BCUT2D eigenvalue weighted by molar-refractivity contribution is 1.16. The highest BCUT2D eigenvalue weighted by Crippen LogP contribution is 2.22. The van der Waals surface area contributed by atoms with E-state index in [1.807, 2.05) is 6.92 Å². The third-order valence-electron chi connectivity index (χ3n) is 1.91. The van der Waals surface area contributed by atoms with E-state index in [4.69, 9.17) is 0 Å². The summed E-state index contributed by atoms with van der Waals surface area (Å²) in [5.74, 6) is 0.720. The van der Waals surface area contributed by atoms with Gasteiger partial charge in [-0.05, 0) is 6.92 Å². The molecule has 0 atom stereocenters. The van der Waals surface area contributed by atoms with Gasteiger partial charge in [0.15, 0.2) is 5.49 Å². The summed E-state index contributed by atoms with van der Waals surface area (Å²) in [5, 5.41) is 0.771. The Kier molecular flexibility index (Phi) is 1.05. The Morgan fingerprint density at radius 1 is 1.15 bits per heavy atom. The smallest absolute Gasteiger partial charge is 0.182 e. The fraction of sp³-hybridized carbons (Fsp3) is 0.125. The topological polar surface area (TPSA) is 62.3 Å². The summed E-state index contributed by atoms with van der Waals surface area (Å²) in [4.78, 5) is 20.7. The molecule has 62 valence electrons. The van der Waals surface area contributed by atoms with E-state index < -0.39 is 0 Å². The summed E-state index contributed by atoms with van der Waals surface area (Å²) in [6.45, 7) is 1.84. The minimum Gasteiger partial charge on any atom is -0.233 e. The molecule has 2 aliphatic heterocycles. The normalized spacial score (nSPS) is 15.9. The van der Waals surface area contributed by atoms with E-state index in [2.05, 4.69) is 25.0 Å². The maximum absolute atomic E-state index is 4.24. The highest BCUT2D eigenvalue weighted by atomic mass is 15.1. The van der Waals surface area contributed by atoms with Gasteiger partial charge >= 0.3 is 0 Å². The highest BCUT2D eigenvalue weighted by Gasteiger charge is 2.14. The van der Waals surface area contributed by atoms with Gasteiger partial charge in [0.1, 0.15) is 28.9 Å². The van der Waals surface area contributed by atoms with Crippen LogP contribution in [0.5, 0.6) is 0 Å². The van der Waals surface area contributed by atoms with Crippen LogP contribution in [0.3, 0.4) is 0 Å². The number of fused-ring (bicyclic) bond motifs is 3. The van der Waals surface area contributed by atoms with Gasteiger partial charge in [-0.1, -0.05) is 0 Å². The minimum atomic E-state index is 0.644. The Bertz CT molecular complexity index is 567. The molecular weight excluding hydrogens is 166 g/mol. The lowest BCUT2D eigenvalue weighted by Crippen LogP contribution is -2.12. The predicted molar refractivity (Wildman–Crippen MR) is 47.5 cm³/mol. The lowest BCUT2D eigenvalue weighted by atomic mass is 10.3. The zero-order chi connectivity index (χ0) is 8.84. The number of hydrogen-bond donors (Lipinski definition) is 0. The first-order valence-corrected chi connectivity index (χ1v) is 3.88. The first-order valence-electron chi connectivity index (χ1n) is 3.88. The average Bonchev–Trinajstić information content (AvgIpc) is 2.65. The Hall–Kier alpha value is -1.91. The average molecular weight is 171 g/mol. The number of aliphatic imine (C=N–C) groups is 2. The molecule has 0 saturated heterocycles. The maximum atomic E-state index is 4.24. The van der Waals surface area contributed by atoms with Crippen LogP contribution >= 0.6 is 0 Å². The second-order valence-corrected chi connectivity index (χ2v) is 2.81. The van der Waals surface area contributed by atoms with Gasteiger partial charge in [-0.15, -0.1) is 0 Å². The molecule has 0 radical (unpaired) electrons. The van der Waals surface area contributed by atoms with Crippen molar-refractivity contribution < 1.29 is 0 Å². The van der Waals surface area contributed by atoms with Gasteiger partial charge in [0.05, 0.1) is 6.20 Å². The van der Waals surface area contributed by atoms with Crippen LogP contribution in [0.1, 0.15) is 6.92 Å². The van der Waals surface area contributed by atoms with E-state index in [-0.39, 0.29) is 0 Å². The van der Waals surface area contributed by atoms with Crippen molar-refractivity contribution in [2.24, 2.45) is 20.0 Å². The molecule has 5 nitrogen and oxygen atoms in total. The summed E-state index contributed by atoms with van der Waals surface area (Å²) in [7, 11) is 0. The van der Waals surface area contributed by atoms with Gasteiger partial charge in [-0.25, -0.2) is 25.0 Å². The van der Waals surface area contributed by atoms with Crippen molar-refractivity contribution >= 4 is 23.5 Å². The van der Waals surface area contributed by atoms with E-state index in [0.29, 0.717) is 5.49 Å². The number of aromatic nitrogens is 1. The standard InChI is InChI=1S/C8H5N5/c1-4-12-7-6-5(10-3-11-6)2-9-8(7)13-4/h2-3H,1H3. The summed E-state index contributed by atoms with van der Waals surface area (Å²) in [5.41, 5.74) is 2.17. The largest absolute Gasteiger partial charge is 0.233 e. The molecule has 0 N–H and O–H groups in total. The summed E-state index contributed by atoms with van der Waals surface area (Å²) in [6.07, 6.45) is 3.18. The molecule has 2 aliphatic rings. The molecule has 1 aromatic rings. The molecule has 0 fully saturated rings. The van der Waals surface area contributed by atoms with Crippen LogP contribution in [-0.2, 0) is 0 Å². The number of amidine groups is 1. The molecule has 0 aromatic carbocycles. The van der Waals surface area contributed by atoms with Crippen LogP contribution in [0.25, 0.3) is 0 Å². The van der Waals surface area contributed by atoms with E-state index in [1.54, 1.807) is 6.20 Å². The third kappa shape index (κ3) is 0.780. The molecule has 0 unspecified atom stereocenters. The van der Waals surface area contributed by atoms with E-state index in [1.165, 1.54) is 6.34 Å². The van der Waals surface area contributed by atoms with Crippen LogP contribution in [-0.4, -0.2) is 17.2 Å². The third-order valence-corrected chi connectivity index (χ3v) is 1.91. The zero-order valence-corrected chi connectivity index (χ0v) is 6.89. The van der Waals surface area contributed by atoms with Crippen molar-refractivity contribution in [3.63, 3.8) is 0 Å². The molecule has 0 amide bonds. The second-order valence-electron chi connectivity index (χ2n) is 2.81. The Morgan fingerprint density at radius 3 is 3.00 bits per heavy atom. The van der Waals surface area contributed by atoms with Crippen molar-refractivity contribution in [3.05, 3.63) is 17.0 Å². The molecule has 0 spiro atoms. The van der Waals surface area contributed by atoms with E-state index in [0.717, 1.165) is 22.6 Å². The van der Waals surface area contributed by atoms with Gasteiger partial charge < -0.3 is 0 Å². The molecule has 1 aromatic heterocycles. The van der Waals surface area contributed by atoms with Crippen LogP contribution in [0, 0.1) is 0 Å². The zero-order valence-electron chi connectivity index (χ0n) is 6.89. The Labute approximate surface area is 73.3 Å².